The second-order valence-corrected chi connectivity index (χ2v) is 9.37. The van der Waals surface area contributed by atoms with E-state index in [9.17, 15) is 9.59 Å². The number of carbonyl (C=O) groups is 2. The van der Waals surface area contributed by atoms with Gasteiger partial charge in [-0.15, -0.1) is 0 Å². The molecule has 0 aliphatic heterocycles. The van der Waals surface area contributed by atoms with Gasteiger partial charge in [-0.2, -0.15) is 4.98 Å². The lowest BCUT2D eigenvalue weighted by Gasteiger charge is -2.22. The highest BCUT2D eigenvalue weighted by molar-refractivity contribution is 6.07. The molecule has 0 radical (unpaired) electrons. The number of hydrogen-bond acceptors (Lipinski definition) is 4. The maximum atomic E-state index is 12.7. The monoisotopic (exact) mass is 421 g/mol. The summed E-state index contributed by atoms with van der Waals surface area (Å²) >= 11 is 0. The fourth-order valence-electron chi connectivity index (χ4n) is 3.29. The van der Waals surface area contributed by atoms with Crippen LogP contribution in [-0.2, 0) is 5.54 Å². The third-order valence-electron chi connectivity index (χ3n) is 5.00. The van der Waals surface area contributed by atoms with Crippen LogP contribution < -0.4 is 10.6 Å². The number of carbonyl (C=O) groups excluding carboxylic acids is 2. The van der Waals surface area contributed by atoms with E-state index in [0.29, 0.717) is 28.1 Å². The first-order valence-electron chi connectivity index (χ1n) is 10.6. The Labute approximate surface area is 183 Å². The van der Waals surface area contributed by atoms with Gasteiger partial charge in [0.2, 0.25) is 5.95 Å². The van der Waals surface area contributed by atoms with Gasteiger partial charge in [-0.25, -0.2) is 4.98 Å². The molecule has 3 rings (SSSR count). The molecule has 0 aliphatic carbocycles. The summed E-state index contributed by atoms with van der Waals surface area (Å²) in [5.41, 5.74) is 2.51. The van der Waals surface area contributed by atoms with E-state index in [-0.39, 0.29) is 29.3 Å². The highest BCUT2D eigenvalue weighted by Gasteiger charge is 2.24. The average Bonchev–Trinajstić information content (AvgIpc) is 3.07. The molecular weight excluding hydrogens is 390 g/mol. The lowest BCUT2D eigenvalue weighted by atomic mass is 10.0. The van der Waals surface area contributed by atoms with Crippen molar-refractivity contribution in [3.05, 3.63) is 53.3 Å². The first-order chi connectivity index (χ1) is 14.5. The van der Waals surface area contributed by atoms with Gasteiger partial charge in [0.25, 0.3) is 11.8 Å². The molecule has 0 spiro atoms. The second-order valence-electron chi connectivity index (χ2n) is 9.37. The van der Waals surface area contributed by atoms with E-state index in [1.807, 2.05) is 51.3 Å². The molecule has 164 valence electrons. The van der Waals surface area contributed by atoms with Crippen molar-refractivity contribution in [1.82, 2.24) is 19.9 Å². The van der Waals surface area contributed by atoms with E-state index in [1.54, 1.807) is 24.5 Å². The van der Waals surface area contributed by atoms with Crippen LogP contribution in [0.2, 0.25) is 0 Å². The van der Waals surface area contributed by atoms with E-state index in [0.717, 1.165) is 0 Å². The van der Waals surface area contributed by atoms with Crippen LogP contribution in [0.3, 0.4) is 0 Å². The number of aromatic nitrogens is 3. The number of fused-ring (bicyclic) bond motifs is 1. The van der Waals surface area contributed by atoms with E-state index in [2.05, 4.69) is 34.4 Å². The van der Waals surface area contributed by atoms with Gasteiger partial charge in [0.1, 0.15) is 5.65 Å². The number of nitrogens with zero attached hydrogens (tertiary/aromatic N) is 3. The first kappa shape index (κ1) is 22.5. The summed E-state index contributed by atoms with van der Waals surface area (Å²) < 4.78 is 1.94. The lowest BCUT2D eigenvalue weighted by Crippen LogP contribution is -2.30. The molecule has 0 atom stereocenters. The predicted octanol–water partition coefficient (Wildman–Crippen LogP) is 4.70. The fraction of sp³-hybridized carbons (Fsp3) is 0.417. The lowest BCUT2D eigenvalue weighted by molar-refractivity contribution is 0.0943. The SMILES string of the molecule is CC(C)NC(=O)c1cn(C(C)(C)C)c2nc(NC(=O)c3ccc(C(C)C)cc3)ncc12. The number of anilines is 1. The summed E-state index contributed by atoms with van der Waals surface area (Å²) in [6.07, 6.45) is 3.39. The molecule has 2 heterocycles. The van der Waals surface area contributed by atoms with Crippen molar-refractivity contribution in [2.75, 3.05) is 5.32 Å². The Bertz CT molecular complexity index is 1110. The minimum Gasteiger partial charge on any atom is -0.350 e. The van der Waals surface area contributed by atoms with Gasteiger partial charge in [-0.3, -0.25) is 14.9 Å². The third-order valence-corrected chi connectivity index (χ3v) is 5.00. The van der Waals surface area contributed by atoms with Crippen LogP contribution in [0.15, 0.2) is 36.7 Å². The van der Waals surface area contributed by atoms with Crippen LogP contribution in [0, 0.1) is 0 Å². The molecule has 7 heteroatoms. The van der Waals surface area contributed by atoms with E-state index < -0.39 is 0 Å². The van der Waals surface area contributed by atoms with Crippen molar-refractivity contribution in [2.24, 2.45) is 0 Å². The highest BCUT2D eigenvalue weighted by Crippen LogP contribution is 2.27. The zero-order valence-corrected chi connectivity index (χ0v) is 19.3. The third kappa shape index (κ3) is 4.93. The van der Waals surface area contributed by atoms with Gasteiger partial charge in [0.15, 0.2) is 0 Å². The van der Waals surface area contributed by atoms with Crippen molar-refractivity contribution in [3.63, 3.8) is 0 Å². The van der Waals surface area contributed by atoms with Crippen LogP contribution >= 0.6 is 0 Å². The largest absolute Gasteiger partial charge is 0.350 e. The molecule has 0 bridgehead atoms. The Morgan fingerprint density at radius 3 is 2.19 bits per heavy atom. The fourth-order valence-corrected chi connectivity index (χ4v) is 3.29. The standard InChI is InChI=1S/C24H31N5O2/c1-14(2)16-8-10-17(11-9-16)21(30)28-23-25-12-18-19(22(31)26-15(3)4)13-29(20(18)27-23)24(5,6)7/h8-15H,1-7H3,(H,26,31)(H,25,27,28,30). The summed E-state index contributed by atoms with van der Waals surface area (Å²) in [6.45, 7) is 14.2. The number of hydrogen-bond donors (Lipinski definition) is 2. The summed E-state index contributed by atoms with van der Waals surface area (Å²) in [5, 5.41) is 6.34. The highest BCUT2D eigenvalue weighted by atomic mass is 16.2. The van der Waals surface area contributed by atoms with Gasteiger partial charge >= 0.3 is 0 Å². The zero-order chi connectivity index (χ0) is 22.9. The maximum Gasteiger partial charge on any atom is 0.258 e. The summed E-state index contributed by atoms with van der Waals surface area (Å²) in [7, 11) is 0. The van der Waals surface area contributed by atoms with Crippen molar-refractivity contribution in [2.45, 2.75) is 66.0 Å². The van der Waals surface area contributed by atoms with Crippen molar-refractivity contribution < 1.29 is 9.59 Å². The van der Waals surface area contributed by atoms with Crippen LogP contribution in [-0.4, -0.2) is 32.4 Å². The zero-order valence-electron chi connectivity index (χ0n) is 19.3. The molecule has 2 N–H and O–H groups in total. The van der Waals surface area contributed by atoms with Crippen LogP contribution in [0.4, 0.5) is 5.95 Å². The molecule has 0 aliphatic rings. The average molecular weight is 422 g/mol. The van der Waals surface area contributed by atoms with Gasteiger partial charge in [0, 0.05) is 29.5 Å². The minimum atomic E-state index is -0.309. The van der Waals surface area contributed by atoms with E-state index >= 15 is 0 Å². The molecule has 0 saturated heterocycles. The normalized spacial score (nSPS) is 11.9. The molecule has 7 nitrogen and oxygen atoms in total. The topological polar surface area (TPSA) is 88.9 Å². The molecular formula is C24H31N5O2. The molecule has 0 saturated carbocycles. The van der Waals surface area contributed by atoms with E-state index in [4.69, 9.17) is 0 Å². The van der Waals surface area contributed by atoms with Crippen molar-refractivity contribution in [1.29, 1.82) is 0 Å². The Balaban J connectivity index is 1.95. The molecule has 31 heavy (non-hydrogen) atoms. The smallest absolute Gasteiger partial charge is 0.258 e. The van der Waals surface area contributed by atoms with Crippen LogP contribution in [0.1, 0.15) is 80.7 Å². The number of amides is 2. The van der Waals surface area contributed by atoms with Crippen LogP contribution in [0.25, 0.3) is 11.0 Å². The van der Waals surface area contributed by atoms with Gasteiger partial charge in [-0.05, 0) is 58.2 Å². The van der Waals surface area contributed by atoms with Crippen LogP contribution in [0.5, 0.6) is 0 Å². The summed E-state index contributed by atoms with van der Waals surface area (Å²) in [4.78, 5) is 34.2. The second kappa shape index (κ2) is 8.49. The predicted molar refractivity (Wildman–Crippen MR) is 124 cm³/mol. The van der Waals surface area contributed by atoms with Crippen molar-refractivity contribution >= 4 is 28.8 Å². The molecule has 1 aromatic carbocycles. The van der Waals surface area contributed by atoms with Gasteiger partial charge in [-0.1, -0.05) is 26.0 Å². The number of rotatable bonds is 5. The Hall–Kier alpha value is -3.22. The number of nitrogens with one attached hydrogen (secondary N) is 2. The molecule has 2 aromatic heterocycles. The Morgan fingerprint density at radius 1 is 1.00 bits per heavy atom. The maximum absolute atomic E-state index is 12.7. The summed E-state index contributed by atoms with van der Waals surface area (Å²) in [5.74, 6) is 0.148. The van der Waals surface area contributed by atoms with Gasteiger partial charge in [0.05, 0.1) is 10.9 Å². The molecule has 0 fully saturated rings. The summed E-state index contributed by atoms with van der Waals surface area (Å²) in [6, 6.07) is 7.52. The van der Waals surface area contributed by atoms with Crippen molar-refractivity contribution in [3.8, 4) is 0 Å². The first-order valence-corrected chi connectivity index (χ1v) is 10.6. The number of benzene rings is 1. The molecule has 2 amide bonds. The van der Waals surface area contributed by atoms with E-state index in [1.165, 1.54) is 5.56 Å². The quantitative estimate of drug-likeness (QED) is 0.625. The van der Waals surface area contributed by atoms with Gasteiger partial charge < -0.3 is 9.88 Å². The Morgan fingerprint density at radius 2 is 1.65 bits per heavy atom. The minimum absolute atomic E-state index is 0.0158. The molecule has 3 aromatic rings. The molecule has 0 unspecified atom stereocenters. The Kier molecular flexibility index (Phi) is 6.15.